The molecule has 3 aromatic carbocycles. The zero-order chi connectivity index (χ0) is 25.3. The number of carbonyl (C=O) groups excluding carboxylic acids is 1. The van der Waals surface area contributed by atoms with Crippen LogP contribution in [0.5, 0.6) is 5.75 Å². The number of aromatic amines is 1. The predicted octanol–water partition coefficient (Wildman–Crippen LogP) is 5.49. The van der Waals surface area contributed by atoms with Gasteiger partial charge in [-0.3, -0.25) is 4.79 Å². The molecule has 9 heteroatoms. The lowest BCUT2D eigenvalue weighted by atomic mass is 9.91. The smallest absolute Gasteiger partial charge is 0.449 e. The Labute approximate surface area is 204 Å². The predicted molar refractivity (Wildman–Crippen MR) is 131 cm³/mol. The van der Waals surface area contributed by atoms with Crippen LogP contribution in [0.15, 0.2) is 79.0 Å². The van der Waals surface area contributed by atoms with Gasteiger partial charge in [0.1, 0.15) is 12.3 Å². The molecule has 0 fully saturated rings. The second-order valence-electron chi connectivity index (χ2n) is 8.43. The summed E-state index contributed by atoms with van der Waals surface area (Å²) >= 11 is 0. The Kier molecular flexibility index (Phi) is 6.13. The molecular weight excluding hydrogens is 469 g/mol. The molecule has 6 nitrogen and oxygen atoms in total. The quantitative estimate of drug-likeness (QED) is 0.316. The van der Waals surface area contributed by atoms with Crippen molar-refractivity contribution in [1.29, 1.82) is 0 Å². The van der Waals surface area contributed by atoms with Crippen molar-refractivity contribution in [2.45, 2.75) is 18.6 Å². The molecule has 2 aromatic heterocycles. The fourth-order valence-electron chi connectivity index (χ4n) is 4.49. The third-order valence-electron chi connectivity index (χ3n) is 6.23. The summed E-state index contributed by atoms with van der Waals surface area (Å²) < 4.78 is 47.1. The number of benzene rings is 3. The van der Waals surface area contributed by atoms with Gasteiger partial charge in [0.25, 0.3) is 0 Å². The molecule has 1 unspecified atom stereocenters. The monoisotopic (exact) mass is 492 g/mol. The Morgan fingerprint density at radius 3 is 2.53 bits per heavy atom. The van der Waals surface area contributed by atoms with Crippen LogP contribution in [0, 0.1) is 0 Å². The van der Waals surface area contributed by atoms with E-state index in [1.807, 2.05) is 54.7 Å². The first-order valence-corrected chi connectivity index (χ1v) is 11.3. The molecule has 0 radical (unpaired) electrons. The maximum absolute atomic E-state index is 13.6. The van der Waals surface area contributed by atoms with E-state index in [0.717, 1.165) is 26.6 Å². The van der Waals surface area contributed by atoms with Gasteiger partial charge in [-0.25, -0.2) is 4.98 Å². The molecule has 1 atom stereocenters. The minimum atomic E-state index is -4.69. The van der Waals surface area contributed by atoms with E-state index < -0.39 is 24.5 Å². The van der Waals surface area contributed by atoms with Crippen LogP contribution >= 0.6 is 0 Å². The van der Waals surface area contributed by atoms with Gasteiger partial charge in [0.15, 0.2) is 0 Å². The van der Waals surface area contributed by atoms with Crippen LogP contribution in [-0.2, 0) is 17.5 Å². The Balaban J connectivity index is 1.43. The van der Waals surface area contributed by atoms with E-state index in [0.29, 0.717) is 5.75 Å². The average molecular weight is 493 g/mol. The number of alkyl halides is 3. The minimum absolute atomic E-state index is 0.188. The lowest BCUT2D eigenvalue weighted by Gasteiger charge is -2.19. The third-order valence-corrected chi connectivity index (χ3v) is 6.23. The molecule has 0 aliphatic rings. The van der Waals surface area contributed by atoms with Gasteiger partial charge < -0.3 is 19.6 Å². The molecule has 1 amide bonds. The number of methoxy groups -OCH3 is 1. The van der Waals surface area contributed by atoms with Crippen molar-refractivity contribution in [3.8, 4) is 5.75 Å². The highest BCUT2D eigenvalue weighted by atomic mass is 19.4. The number of amides is 1. The fourth-order valence-corrected chi connectivity index (χ4v) is 4.49. The van der Waals surface area contributed by atoms with Crippen molar-refractivity contribution in [2.75, 3.05) is 13.7 Å². The number of hydrogen-bond acceptors (Lipinski definition) is 3. The number of aromatic nitrogens is 3. The molecule has 0 saturated carbocycles. The number of imidazole rings is 1. The summed E-state index contributed by atoms with van der Waals surface area (Å²) in [4.78, 5) is 19.9. The second-order valence-corrected chi connectivity index (χ2v) is 8.43. The molecule has 0 saturated heterocycles. The van der Waals surface area contributed by atoms with Crippen molar-refractivity contribution in [3.05, 3.63) is 95.9 Å². The first kappa shape index (κ1) is 23.5. The van der Waals surface area contributed by atoms with Crippen molar-refractivity contribution >= 4 is 27.8 Å². The van der Waals surface area contributed by atoms with E-state index in [1.165, 1.54) is 12.1 Å². The largest absolute Gasteiger partial charge is 0.497 e. The molecule has 0 spiro atoms. The van der Waals surface area contributed by atoms with E-state index >= 15 is 0 Å². The first-order valence-electron chi connectivity index (χ1n) is 11.3. The van der Waals surface area contributed by atoms with Crippen molar-refractivity contribution in [3.63, 3.8) is 0 Å². The maximum atomic E-state index is 13.6. The number of fused-ring (bicyclic) bond motifs is 2. The van der Waals surface area contributed by atoms with Gasteiger partial charge in [-0.2, -0.15) is 13.2 Å². The van der Waals surface area contributed by atoms with E-state index in [4.69, 9.17) is 4.74 Å². The highest BCUT2D eigenvalue weighted by molar-refractivity contribution is 5.85. The molecule has 0 aliphatic heterocycles. The molecular formula is C27H23F3N4O2. The highest BCUT2D eigenvalue weighted by Crippen LogP contribution is 2.33. The zero-order valence-corrected chi connectivity index (χ0v) is 19.3. The van der Waals surface area contributed by atoms with Gasteiger partial charge in [0, 0.05) is 29.6 Å². The zero-order valence-electron chi connectivity index (χ0n) is 19.3. The number of rotatable bonds is 7. The number of hydrogen-bond donors (Lipinski definition) is 2. The molecule has 0 aliphatic carbocycles. The summed E-state index contributed by atoms with van der Waals surface area (Å²) in [6.07, 6.45) is -2.79. The van der Waals surface area contributed by atoms with Crippen LogP contribution in [-0.4, -0.2) is 34.1 Å². The summed E-state index contributed by atoms with van der Waals surface area (Å²) in [6, 6.07) is 21.6. The molecule has 184 valence electrons. The topological polar surface area (TPSA) is 71.9 Å². The van der Waals surface area contributed by atoms with E-state index in [9.17, 15) is 18.0 Å². The highest BCUT2D eigenvalue weighted by Gasteiger charge is 2.38. The van der Waals surface area contributed by atoms with E-state index in [-0.39, 0.29) is 23.5 Å². The molecule has 2 N–H and O–H groups in total. The number of ether oxygens (including phenoxy) is 1. The normalized spacial score (nSPS) is 12.7. The Hall–Kier alpha value is -4.27. The van der Waals surface area contributed by atoms with Gasteiger partial charge in [-0.1, -0.05) is 42.5 Å². The fraction of sp³-hybridized carbons (Fsp3) is 0.185. The Morgan fingerprint density at radius 1 is 1.06 bits per heavy atom. The first-order chi connectivity index (χ1) is 17.3. The standard InChI is InChI=1S/C27H23F3N4O2/c1-36-18-12-10-17(11-13-18)20(21-15-31-22-7-3-2-6-19(21)22)14-32-25(35)16-34-24-9-5-4-8-23(24)33-26(34)27(28,29)30/h2-13,15,20,31H,14,16H2,1H3,(H,32,35). The number of carbonyl (C=O) groups is 1. The van der Waals surface area contributed by atoms with Gasteiger partial charge in [0.05, 0.1) is 18.1 Å². The number of halogens is 3. The lowest BCUT2D eigenvalue weighted by molar-refractivity contribution is -0.147. The summed E-state index contributed by atoms with van der Waals surface area (Å²) in [5.41, 5.74) is 3.30. The van der Waals surface area contributed by atoms with Crippen molar-refractivity contribution < 1.29 is 22.7 Å². The van der Waals surface area contributed by atoms with Gasteiger partial charge in [0.2, 0.25) is 11.7 Å². The minimum Gasteiger partial charge on any atom is -0.497 e. The Bertz CT molecular complexity index is 1520. The summed E-state index contributed by atoms with van der Waals surface area (Å²) in [5.74, 6) is -1.17. The Morgan fingerprint density at radius 2 is 1.78 bits per heavy atom. The second kappa shape index (κ2) is 9.41. The van der Waals surface area contributed by atoms with E-state index in [1.54, 1.807) is 19.2 Å². The van der Waals surface area contributed by atoms with E-state index in [2.05, 4.69) is 15.3 Å². The number of para-hydroxylation sites is 3. The molecule has 2 heterocycles. The lowest BCUT2D eigenvalue weighted by Crippen LogP contribution is -2.33. The van der Waals surface area contributed by atoms with Gasteiger partial charge in [-0.15, -0.1) is 0 Å². The third kappa shape index (κ3) is 4.51. The van der Waals surface area contributed by atoms with Crippen LogP contribution in [0.25, 0.3) is 21.9 Å². The van der Waals surface area contributed by atoms with Crippen LogP contribution in [0.2, 0.25) is 0 Å². The maximum Gasteiger partial charge on any atom is 0.449 e. The molecule has 5 rings (SSSR count). The number of nitrogens with one attached hydrogen (secondary N) is 2. The molecule has 5 aromatic rings. The van der Waals surface area contributed by atoms with Gasteiger partial charge >= 0.3 is 6.18 Å². The van der Waals surface area contributed by atoms with Gasteiger partial charge in [-0.05, 0) is 41.5 Å². The van der Waals surface area contributed by atoms with Crippen molar-refractivity contribution in [1.82, 2.24) is 19.9 Å². The summed E-state index contributed by atoms with van der Waals surface area (Å²) in [7, 11) is 1.58. The summed E-state index contributed by atoms with van der Waals surface area (Å²) in [6.45, 7) is -0.306. The van der Waals surface area contributed by atoms with Crippen LogP contribution < -0.4 is 10.1 Å². The molecule has 36 heavy (non-hydrogen) atoms. The van der Waals surface area contributed by atoms with Crippen LogP contribution in [0.1, 0.15) is 22.9 Å². The van der Waals surface area contributed by atoms with Crippen molar-refractivity contribution in [2.24, 2.45) is 0 Å². The number of H-pyrrole nitrogens is 1. The summed E-state index contributed by atoms with van der Waals surface area (Å²) in [5, 5.41) is 3.85. The van der Waals surface area contributed by atoms with Crippen LogP contribution in [0.4, 0.5) is 13.2 Å². The average Bonchev–Trinajstić information content (AvgIpc) is 3.47. The molecule has 0 bridgehead atoms. The number of nitrogens with zero attached hydrogens (tertiary/aromatic N) is 2. The SMILES string of the molecule is COc1ccc(C(CNC(=O)Cn2c(C(F)(F)F)nc3ccccc32)c2c[nH]c3ccccc23)cc1. The van der Waals surface area contributed by atoms with Crippen LogP contribution in [0.3, 0.4) is 0 Å².